The van der Waals surface area contributed by atoms with Crippen LogP contribution in [-0.2, 0) is 30.5 Å². The summed E-state index contributed by atoms with van der Waals surface area (Å²) in [7, 11) is -2.78. The third kappa shape index (κ3) is 7.86. The molecule has 1 aliphatic heterocycles. The summed E-state index contributed by atoms with van der Waals surface area (Å²) in [6.07, 6.45) is 1.64. The van der Waals surface area contributed by atoms with Gasteiger partial charge < -0.3 is 9.47 Å². The van der Waals surface area contributed by atoms with Crippen molar-refractivity contribution < 1.29 is 35.9 Å². The number of hydrogen-bond acceptors (Lipinski definition) is 8. The van der Waals surface area contributed by atoms with Crippen LogP contribution in [0.3, 0.4) is 0 Å². The number of morpholine rings is 1. The Hall–Kier alpha value is -3.36. The van der Waals surface area contributed by atoms with Crippen molar-refractivity contribution in [1.29, 1.82) is 0 Å². The summed E-state index contributed by atoms with van der Waals surface area (Å²) in [5.41, 5.74) is 1.06. The molecule has 1 saturated heterocycles. The maximum Gasteiger partial charge on any atom is 0.185 e. The standard InChI is InChI=1S/C33H33ClF3N3O5S2/c1-33(2,21-4-9-27(34)30(14-21)44-3)31-17-38-32(40(31)23-7-5-22(35)6-8-23)46-19-26-28(36)15-25(16-29(26)37)47(42,43)20-24(41)18-39-10-12-45-13-11-39/h4-9,14-17H,10-13,18-20H2,1-3H3. The Kier molecular flexibility index (Phi) is 10.7. The van der Waals surface area contributed by atoms with Crippen LogP contribution >= 0.6 is 23.4 Å². The topological polar surface area (TPSA) is 90.7 Å². The van der Waals surface area contributed by atoms with Gasteiger partial charge in [-0.05, 0) is 54.1 Å². The van der Waals surface area contributed by atoms with E-state index in [4.69, 9.17) is 21.1 Å². The number of hydrogen-bond donors (Lipinski definition) is 0. The van der Waals surface area contributed by atoms with E-state index >= 15 is 8.78 Å². The molecule has 0 spiro atoms. The van der Waals surface area contributed by atoms with Crippen molar-refractivity contribution in [2.75, 3.05) is 45.7 Å². The second kappa shape index (κ2) is 14.4. The molecule has 8 nitrogen and oxygen atoms in total. The van der Waals surface area contributed by atoms with Gasteiger partial charge in [0.15, 0.2) is 20.8 Å². The molecule has 0 saturated carbocycles. The minimum atomic E-state index is -4.29. The van der Waals surface area contributed by atoms with Crippen molar-refractivity contribution in [3.05, 3.63) is 100 Å². The second-order valence-corrected chi connectivity index (χ2v) is 14.9. The Bertz CT molecular complexity index is 1860. The van der Waals surface area contributed by atoms with Gasteiger partial charge in [0.05, 0.1) is 48.7 Å². The van der Waals surface area contributed by atoms with Crippen molar-refractivity contribution in [1.82, 2.24) is 14.5 Å². The van der Waals surface area contributed by atoms with E-state index in [1.807, 2.05) is 26.0 Å². The monoisotopic (exact) mass is 707 g/mol. The number of rotatable bonds is 12. The first kappa shape index (κ1) is 35.0. The fourth-order valence-electron chi connectivity index (χ4n) is 5.30. The molecule has 4 aromatic rings. The second-order valence-electron chi connectivity index (χ2n) is 11.6. The van der Waals surface area contributed by atoms with Crippen molar-refractivity contribution in [3.63, 3.8) is 0 Å². The van der Waals surface area contributed by atoms with Gasteiger partial charge >= 0.3 is 0 Å². The average Bonchev–Trinajstić information content (AvgIpc) is 3.46. The predicted octanol–water partition coefficient (Wildman–Crippen LogP) is 6.24. The lowest BCUT2D eigenvalue weighted by atomic mass is 9.81. The molecular formula is C33H33ClF3N3O5S2. The van der Waals surface area contributed by atoms with Crippen LogP contribution in [0.2, 0.25) is 5.02 Å². The zero-order chi connectivity index (χ0) is 33.9. The fraction of sp³-hybridized carbons (Fsp3) is 0.333. The lowest BCUT2D eigenvalue weighted by Gasteiger charge is -2.28. The summed E-state index contributed by atoms with van der Waals surface area (Å²) in [6, 6.07) is 12.6. The highest BCUT2D eigenvalue weighted by molar-refractivity contribution is 7.98. The van der Waals surface area contributed by atoms with Crippen molar-refractivity contribution >= 4 is 39.0 Å². The number of carbonyl (C=O) groups is 1. The van der Waals surface area contributed by atoms with E-state index in [0.717, 1.165) is 29.5 Å². The maximum atomic E-state index is 15.3. The number of halogens is 4. The van der Waals surface area contributed by atoms with Gasteiger partial charge in [-0.15, -0.1) is 0 Å². The summed E-state index contributed by atoms with van der Waals surface area (Å²) in [4.78, 5) is 18.2. The number of carbonyl (C=O) groups excluding carboxylic acids is 1. The lowest BCUT2D eigenvalue weighted by Crippen LogP contribution is -2.40. The number of imidazole rings is 1. The van der Waals surface area contributed by atoms with Crippen LogP contribution < -0.4 is 4.74 Å². The summed E-state index contributed by atoms with van der Waals surface area (Å²) in [5, 5.41) is 0.808. The number of thioether (sulfide) groups is 1. The Morgan fingerprint density at radius 3 is 2.34 bits per heavy atom. The maximum absolute atomic E-state index is 15.3. The quantitative estimate of drug-likeness (QED) is 0.160. The molecule has 0 atom stereocenters. The van der Waals surface area contributed by atoms with E-state index in [1.165, 1.54) is 19.2 Å². The number of ether oxygens (including phenoxy) is 2. The van der Waals surface area contributed by atoms with Gasteiger partial charge in [-0.1, -0.05) is 43.3 Å². The van der Waals surface area contributed by atoms with Crippen LogP contribution in [0.15, 0.2) is 70.8 Å². The fourth-order valence-corrected chi connectivity index (χ4v) is 7.75. The minimum Gasteiger partial charge on any atom is -0.495 e. The van der Waals surface area contributed by atoms with Crippen LogP contribution in [0.25, 0.3) is 5.69 Å². The summed E-state index contributed by atoms with van der Waals surface area (Å²) >= 11 is 7.29. The van der Waals surface area contributed by atoms with E-state index < -0.39 is 49.1 Å². The first-order chi connectivity index (χ1) is 22.3. The highest BCUT2D eigenvalue weighted by atomic mass is 35.5. The molecule has 0 unspecified atom stereocenters. The Morgan fingerprint density at radius 2 is 1.70 bits per heavy atom. The lowest BCUT2D eigenvalue weighted by molar-refractivity contribution is -0.118. The number of benzene rings is 3. The Balaban J connectivity index is 1.41. The number of ketones is 1. The van der Waals surface area contributed by atoms with E-state index in [-0.39, 0.29) is 17.9 Å². The van der Waals surface area contributed by atoms with E-state index in [0.29, 0.717) is 53.6 Å². The van der Waals surface area contributed by atoms with Crippen LogP contribution in [0.1, 0.15) is 30.7 Å². The Labute approximate surface area is 280 Å². The summed E-state index contributed by atoms with van der Waals surface area (Å²) < 4.78 is 82.8. The Morgan fingerprint density at radius 1 is 1.04 bits per heavy atom. The number of aromatic nitrogens is 2. The molecule has 1 aromatic heterocycles. The van der Waals surface area contributed by atoms with Gasteiger partial charge in [0, 0.05) is 35.5 Å². The molecule has 2 heterocycles. The van der Waals surface area contributed by atoms with Crippen LogP contribution in [0.4, 0.5) is 13.2 Å². The number of methoxy groups -OCH3 is 1. The molecular weight excluding hydrogens is 675 g/mol. The number of Topliss-reactive ketones (excluding diaryl/α,β-unsaturated/α-hetero) is 1. The molecule has 0 bridgehead atoms. The summed E-state index contributed by atoms with van der Waals surface area (Å²) in [5.74, 6) is -3.76. The van der Waals surface area contributed by atoms with Crippen molar-refractivity contribution in [2.45, 2.75) is 35.1 Å². The first-order valence-corrected chi connectivity index (χ1v) is 17.6. The van der Waals surface area contributed by atoms with Gasteiger partial charge in [-0.25, -0.2) is 26.6 Å². The molecule has 0 aliphatic carbocycles. The predicted molar refractivity (Wildman–Crippen MR) is 174 cm³/mol. The SMILES string of the molecule is COc1cc(C(C)(C)c2cnc(SCc3c(F)cc(S(=O)(=O)CC(=O)CN4CCOCC4)cc3F)n2-c2ccc(F)cc2)ccc1Cl. The molecule has 1 fully saturated rings. The smallest absolute Gasteiger partial charge is 0.185 e. The highest BCUT2D eigenvalue weighted by Crippen LogP contribution is 2.39. The van der Waals surface area contributed by atoms with E-state index in [9.17, 15) is 17.6 Å². The zero-order valence-electron chi connectivity index (χ0n) is 25.9. The van der Waals surface area contributed by atoms with Gasteiger partial charge in [-0.2, -0.15) is 0 Å². The third-order valence-electron chi connectivity index (χ3n) is 8.00. The van der Waals surface area contributed by atoms with E-state index in [2.05, 4.69) is 4.98 Å². The average molecular weight is 708 g/mol. The summed E-state index contributed by atoms with van der Waals surface area (Å²) in [6.45, 7) is 5.71. The molecule has 0 N–H and O–H groups in total. The van der Waals surface area contributed by atoms with Crippen LogP contribution in [0, 0.1) is 17.5 Å². The van der Waals surface area contributed by atoms with Crippen molar-refractivity contribution in [2.24, 2.45) is 0 Å². The van der Waals surface area contributed by atoms with Crippen LogP contribution in [-0.4, -0.2) is 74.4 Å². The molecule has 47 heavy (non-hydrogen) atoms. The van der Waals surface area contributed by atoms with Crippen LogP contribution in [0.5, 0.6) is 5.75 Å². The molecule has 5 rings (SSSR count). The number of sulfone groups is 1. The van der Waals surface area contributed by atoms with Crippen molar-refractivity contribution in [3.8, 4) is 11.4 Å². The molecule has 1 aliphatic rings. The zero-order valence-corrected chi connectivity index (χ0v) is 28.3. The number of nitrogens with zero attached hydrogens (tertiary/aromatic N) is 3. The van der Waals surface area contributed by atoms with E-state index in [1.54, 1.807) is 33.9 Å². The molecule has 14 heteroatoms. The normalized spacial score (nSPS) is 14.4. The molecule has 3 aromatic carbocycles. The largest absolute Gasteiger partial charge is 0.495 e. The van der Waals surface area contributed by atoms with Gasteiger partial charge in [0.2, 0.25) is 0 Å². The molecule has 0 radical (unpaired) electrons. The molecule has 0 amide bonds. The highest BCUT2D eigenvalue weighted by Gasteiger charge is 2.31. The minimum absolute atomic E-state index is 0.0899. The molecule has 250 valence electrons. The third-order valence-corrected chi connectivity index (χ3v) is 10.9. The van der Waals surface area contributed by atoms with Gasteiger partial charge in [0.1, 0.15) is 29.0 Å². The van der Waals surface area contributed by atoms with Gasteiger partial charge in [-0.3, -0.25) is 14.3 Å². The van der Waals surface area contributed by atoms with Gasteiger partial charge in [0.25, 0.3) is 0 Å². The first-order valence-electron chi connectivity index (χ1n) is 14.6.